The largest absolute Gasteiger partial charge is 0.495 e. The van der Waals surface area contributed by atoms with E-state index in [2.05, 4.69) is 17.5 Å². The molecule has 3 aromatic rings. The highest BCUT2D eigenvalue weighted by Crippen LogP contribution is 2.49. The van der Waals surface area contributed by atoms with E-state index in [0.717, 1.165) is 55.7 Å². The van der Waals surface area contributed by atoms with E-state index in [1.54, 1.807) is 18.2 Å². The minimum absolute atomic E-state index is 0.00458. The number of fused-ring (bicyclic) bond motifs is 1. The van der Waals surface area contributed by atoms with Crippen molar-refractivity contribution >= 4 is 41.1 Å². The highest BCUT2D eigenvalue weighted by Gasteiger charge is 2.40. The van der Waals surface area contributed by atoms with E-state index >= 15 is 0 Å². The van der Waals surface area contributed by atoms with Gasteiger partial charge in [-0.3, -0.25) is 9.59 Å². The predicted octanol–water partition coefficient (Wildman–Crippen LogP) is 7.02. The van der Waals surface area contributed by atoms with Gasteiger partial charge in [0.1, 0.15) is 17.9 Å². The van der Waals surface area contributed by atoms with Crippen LogP contribution in [0.25, 0.3) is 0 Å². The first-order chi connectivity index (χ1) is 19.3. The van der Waals surface area contributed by atoms with Gasteiger partial charge in [-0.05, 0) is 85.5 Å². The number of hydrogen-bond donors (Lipinski definition) is 1. The van der Waals surface area contributed by atoms with Gasteiger partial charge in [-0.15, -0.1) is 0 Å². The van der Waals surface area contributed by atoms with Crippen LogP contribution < -0.4 is 15.0 Å². The van der Waals surface area contributed by atoms with Crippen LogP contribution in [0.15, 0.2) is 72.3 Å². The highest BCUT2D eigenvalue weighted by molar-refractivity contribution is 6.34. The fourth-order valence-corrected chi connectivity index (χ4v) is 6.08. The standard InChI is InChI=1S/C32H30ClFN2O4/c1-40-29-17-22(8-11-27(29)35-30(38)25-18-24(34)9-10-26(25)33)31(39)36-15-14-32(13-12-21(19-32)5-4-16-37)20-23-6-2-3-7-28(23)36/h2-3,5-11,16-18H,4,12-15,19-20H2,1H3,(H,35,38)/b21-5+/t32-/m1/s1. The van der Waals surface area contributed by atoms with Crippen molar-refractivity contribution in [2.24, 2.45) is 5.41 Å². The number of ether oxygens (including phenoxy) is 1. The van der Waals surface area contributed by atoms with Crippen LogP contribution in [0.5, 0.6) is 5.75 Å². The Morgan fingerprint density at radius 2 is 1.93 bits per heavy atom. The number of carbonyl (C=O) groups is 3. The van der Waals surface area contributed by atoms with Crippen molar-refractivity contribution in [3.8, 4) is 5.75 Å². The molecular formula is C32H30ClFN2O4. The molecule has 0 unspecified atom stereocenters. The first-order valence-corrected chi connectivity index (χ1v) is 13.7. The van der Waals surface area contributed by atoms with Gasteiger partial charge < -0.3 is 19.7 Å². The number of nitrogens with one attached hydrogen (secondary N) is 1. The quantitative estimate of drug-likeness (QED) is 0.260. The maximum atomic E-state index is 13.9. The van der Waals surface area contributed by atoms with Crippen LogP contribution >= 0.6 is 11.6 Å². The molecule has 8 heteroatoms. The molecule has 0 saturated heterocycles. The van der Waals surface area contributed by atoms with Crippen molar-refractivity contribution in [1.82, 2.24) is 0 Å². The molecule has 40 heavy (non-hydrogen) atoms. The van der Waals surface area contributed by atoms with Crippen LogP contribution in [0.3, 0.4) is 0 Å². The van der Waals surface area contributed by atoms with Gasteiger partial charge in [-0.25, -0.2) is 4.39 Å². The van der Waals surface area contributed by atoms with Crippen LogP contribution in [0.1, 0.15) is 58.4 Å². The third-order valence-electron chi connectivity index (χ3n) is 7.91. The zero-order valence-corrected chi connectivity index (χ0v) is 23.0. The summed E-state index contributed by atoms with van der Waals surface area (Å²) in [5, 5.41) is 2.82. The van der Waals surface area contributed by atoms with Crippen LogP contribution in [0, 0.1) is 11.2 Å². The van der Waals surface area contributed by atoms with E-state index in [9.17, 15) is 18.8 Å². The van der Waals surface area contributed by atoms with Gasteiger partial charge in [0.25, 0.3) is 11.8 Å². The zero-order chi connectivity index (χ0) is 28.3. The lowest BCUT2D eigenvalue weighted by atomic mass is 9.77. The van der Waals surface area contributed by atoms with E-state index in [-0.39, 0.29) is 21.9 Å². The molecule has 1 aliphatic heterocycles. The third kappa shape index (κ3) is 5.65. The van der Waals surface area contributed by atoms with Gasteiger partial charge in [-0.2, -0.15) is 0 Å². The molecule has 1 atom stereocenters. The Morgan fingerprint density at radius 1 is 1.10 bits per heavy atom. The number of carbonyl (C=O) groups excluding carboxylic acids is 3. The number of hydrogen-bond acceptors (Lipinski definition) is 4. The molecule has 1 saturated carbocycles. The molecule has 3 aromatic carbocycles. The first-order valence-electron chi connectivity index (χ1n) is 13.3. The van der Waals surface area contributed by atoms with Crippen molar-refractivity contribution in [1.29, 1.82) is 0 Å². The third-order valence-corrected chi connectivity index (χ3v) is 8.24. The molecule has 0 radical (unpaired) electrons. The summed E-state index contributed by atoms with van der Waals surface area (Å²) in [6.45, 7) is 0.565. The SMILES string of the molecule is COc1cc(C(=O)N2CC[C@@]3(CC/C(=C\CC=O)C3)Cc3ccccc32)ccc1NC(=O)c1cc(F)ccc1Cl. The summed E-state index contributed by atoms with van der Waals surface area (Å²) in [4.78, 5) is 39.4. The monoisotopic (exact) mass is 560 g/mol. The summed E-state index contributed by atoms with van der Waals surface area (Å²) in [6.07, 6.45) is 8.11. The lowest BCUT2D eigenvalue weighted by Gasteiger charge is -2.27. The summed E-state index contributed by atoms with van der Waals surface area (Å²) in [7, 11) is 1.45. The topological polar surface area (TPSA) is 75.7 Å². The number of methoxy groups -OCH3 is 1. The molecule has 5 rings (SSSR count). The Kier molecular flexibility index (Phi) is 8.03. The summed E-state index contributed by atoms with van der Waals surface area (Å²) >= 11 is 6.09. The molecule has 6 nitrogen and oxygen atoms in total. The number of nitrogens with zero attached hydrogens (tertiary/aromatic N) is 1. The maximum Gasteiger partial charge on any atom is 0.258 e. The van der Waals surface area contributed by atoms with Crippen molar-refractivity contribution in [3.63, 3.8) is 0 Å². The van der Waals surface area contributed by atoms with Gasteiger partial charge in [0.2, 0.25) is 0 Å². The van der Waals surface area contributed by atoms with Crippen molar-refractivity contribution in [2.75, 3.05) is 23.9 Å². The molecule has 1 N–H and O–H groups in total. The van der Waals surface area contributed by atoms with Gasteiger partial charge in [0, 0.05) is 24.2 Å². The number of amides is 2. The second-order valence-corrected chi connectivity index (χ2v) is 10.9. The van der Waals surface area contributed by atoms with E-state index in [1.807, 2.05) is 23.1 Å². The van der Waals surface area contributed by atoms with Crippen molar-refractivity contribution < 1.29 is 23.5 Å². The van der Waals surface area contributed by atoms with Crippen molar-refractivity contribution in [2.45, 2.75) is 38.5 Å². The normalized spacial score (nSPS) is 19.3. The number of allylic oxidation sites excluding steroid dienone is 2. The second-order valence-electron chi connectivity index (χ2n) is 10.4. The Morgan fingerprint density at radius 3 is 2.73 bits per heavy atom. The fourth-order valence-electron chi connectivity index (χ4n) is 5.88. The Hall–Kier alpha value is -3.97. The van der Waals surface area contributed by atoms with Gasteiger partial charge >= 0.3 is 0 Å². The summed E-state index contributed by atoms with van der Waals surface area (Å²) in [5.41, 5.74) is 4.16. The van der Waals surface area contributed by atoms with E-state index in [4.69, 9.17) is 16.3 Å². The molecule has 1 heterocycles. The van der Waals surface area contributed by atoms with Gasteiger partial charge in [0.15, 0.2) is 0 Å². The van der Waals surface area contributed by atoms with Crippen LogP contribution in [0.2, 0.25) is 5.02 Å². The number of anilines is 2. The molecule has 0 bridgehead atoms. The lowest BCUT2D eigenvalue weighted by Crippen LogP contribution is -2.33. The molecule has 0 aromatic heterocycles. The minimum atomic E-state index is -0.591. The zero-order valence-electron chi connectivity index (χ0n) is 22.2. The molecule has 2 aliphatic rings. The van der Waals surface area contributed by atoms with Crippen LogP contribution in [-0.4, -0.2) is 31.8 Å². The summed E-state index contributed by atoms with van der Waals surface area (Å²) in [5.74, 6) is -1.03. The number of rotatable bonds is 6. The first kappa shape index (κ1) is 27.6. The molecule has 1 fully saturated rings. The number of aldehydes is 1. The Balaban J connectivity index is 1.39. The number of halogens is 2. The Labute approximate surface area is 237 Å². The number of benzene rings is 3. The lowest BCUT2D eigenvalue weighted by molar-refractivity contribution is -0.107. The van der Waals surface area contributed by atoms with Crippen molar-refractivity contribution in [3.05, 3.63) is 99.8 Å². The maximum absolute atomic E-state index is 13.9. The fraction of sp³-hybridized carbons (Fsp3) is 0.281. The highest BCUT2D eigenvalue weighted by atomic mass is 35.5. The number of para-hydroxylation sites is 1. The molecule has 206 valence electrons. The average Bonchev–Trinajstić information content (AvgIpc) is 3.28. The van der Waals surface area contributed by atoms with Gasteiger partial charge in [-0.1, -0.05) is 41.4 Å². The van der Waals surface area contributed by atoms with E-state index in [0.29, 0.717) is 30.0 Å². The summed E-state index contributed by atoms with van der Waals surface area (Å²) in [6, 6.07) is 16.4. The molecular weight excluding hydrogens is 531 g/mol. The van der Waals surface area contributed by atoms with E-state index in [1.165, 1.54) is 24.8 Å². The molecule has 2 amide bonds. The molecule has 1 spiro atoms. The summed E-state index contributed by atoms with van der Waals surface area (Å²) < 4.78 is 19.2. The van der Waals surface area contributed by atoms with Gasteiger partial charge in [0.05, 0.1) is 23.4 Å². The Bertz CT molecular complexity index is 1500. The predicted molar refractivity (Wildman–Crippen MR) is 154 cm³/mol. The second kappa shape index (κ2) is 11.6. The van der Waals surface area contributed by atoms with Crippen LogP contribution in [-0.2, 0) is 11.2 Å². The average molecular weight is 561 g/mol. The van der Waals surface area contributed by atoms with Crippen LogP contribution in [0.4, 0.5) is 15.8 Å². The molecule has 1 aliphatic carbocycles. The smallest absolute Gasteiger partial charge is 0.258 e. The minimum Gasteiger partial charge on any atom is -0.495 e. The van der Waals surface area contributed by atoms with E-state index < -0.39 is 11.7 Å².